The molecule has 0 amide bonds. The molecule has 2 aliphatic rings. The van der Waals surface area contributed by atoms with Crippen LogP contribution in [0.5, 0.6) is 0 Å². The van der Waals surface area contributed by atoms with E-state index in [1.54, 1.807) is 0 Å². The Morgan fingerprint density at radius 1 is 1.24 bits per heavy atom. The predicted molar refractivity (Wildman–Crippen MR) is 71.3 cm³/mol. The quantitative estimate of drug-likeness (QED) is 0.759. The normalized spacial score (nSPS) is 37.9. The molecule has 1 N–H and O–H groups in total. The van der Waals surface area contributed by atoms with Crippen LogP contribution in [0.4, 0.5) is 0 Å². The molecule has 2 saturated heterocycles. The maximum atomic E-state index is 5.83. The molecule has 0 radical (unpaired) electrons. The molecule has 0 saturated carbocycles. The van der Waals surface area contributed by atoms with Crippen LogP contribution in [0, 0.1) is 0 Å². The van der Waals surface area contributed by atoms with Crippen molar-refractivity contribution in [2.75, 3.05) is 19.7 Å². The van der Waals surface area contributed by atoms with Gasteiger partial charge in [0, 0.05) is 37.3 Å². The van der Waals surface area contributed by atoms with Gasteiger partial charge in [-0.25, -0.2) is 0 Å². The molecule has 100 valence electrons. The van der Waals surface area contributed by atoms with Crippen LogP contribution in [0.1, 0.15) is 47.5 Å². The van der Waals surface area contributed by atoms with Gasteiger partial charge in [-0.1, -0.05) is 0 Å². The molecule has 0 spiro atoms. The first-order valence-electron chi connectivity index (χ1n) is 6.94. The molecule has 0 aromatic rings. The van der Waals surface area contributed by atoms with E-state index in [-0.39, 0.29) is 11.1 Å². The van der Waals surface area contributed by atoms with Crippen LogP contribution < -0.4 is 5.32 Å². The highest BCUT2D eigenvalue weighted by atomic mass is 16.5. The zero-order chi connectivity index (χ0) is 12.7. The summed E-state index contributed by atoms with van der Waals surface area (Å²) in [5.41, 5.74) is 0.298. The van der Waals surface area contributed by atoms with Crippen molar-refractivity contribution < 1.29 is 4.74 Å². The van der Waals surface area contributed by atoms with Gasteiger partial charge in [0.1, 0.15) is 0 Å². The second-order valence-corrected chi connectivity index (χ2v) is 7.04. The molecule has 3 nitrogen and oxygen atoms in total. The van der Waals surface area contributed by atoms with Crippen molar-refractivity contribution in [1.29, 1.82) is 0 Å². The first-order valence-corrected chi connectivity index (χ1v) is 6.94. The van der Waals surface area contributed by atoms with Crippen molar-refractivity contribution >= 4 is 0 Å². The van der Waals surface area contributed by atoms with E-state index in [1.807, 2.05) is 0 Å². The highest BCUT2D eigenvalue weighted by Gasteiger charge is 2.38. The summed E-state index contributed by atoms with van der Waals surface area (Å²) >= 11 is 0. The Morgan fingerprint density at radius 2 is 1.94 bits per heavy atom. The maximum absolute atomic E-state index is 5.83. The van der Waals surface area contributed by atoms with Crippen LogP contribution in [0.2, 0.25) is 0 Å². The molecule has 0 aromatic carbocycles. The number of ether oxygens (including phenoxy) is 1. The second-order valence-electron chi connectivity index (χ2n) is 7.04. The monoisotopic (exact) mass is 240 g/mol. The Labute approximate surface area is 106 Å². The van der Waals surface area contributed by atoms with E-state index in [0.717, 1.165) is 26.1 Å². The summed E-state index contributed by atoms with van der Waals surface area (Å²) in [4.78, 5) is 2.70. The summed E-state index contributed by atoms with van der Waals surface area (Å²) in [7, 11) is 0. The molecule has 2 atom stereocenters. The van der Waals surface area contributed by atoms with Crippen LogP contribution in [-0.4, -0.2) is 47.8 Å². The first kappa shape index (κ1) is 13.3. The van der Waals surface area contributed by atoms with Gasteiger partial charge in [0.2, 0.25) is 0 Å². The minimum atomic E-state index is 0.0532. The molecule has 0 bridgehead atoms. The molecule has 2 unspecified atom stereocenters. The lowest BCUT2D eigenvalue weighted by molar-refractivity contribution is -0.0957. The topological polar surface area (TPSA) is 24.5 Å². The summed E-state index contributed by atoms with van der Waals surface area (Å²) in [6.45, 7) is 14.5. The fraction of sp³-hybridized carbons (Fsp3) is 1.00. The van der Waals surface area contributed by atoms with Gasteiger partial charge in [-0.3, -0.25) is 4.90 Å². The van der Waals surface area contributed by atoms with Gasteiger partial charge in [0.05, 0.1) is 5.60 Å². The van der Waals surface area contributed by atoms with E-state index in [0.29, 0.717) is 12.1 Å². The second kappa shape index (κ2) is 4.52. The number of rotatable bonds is 1. The Hall–Kier alpha value is -0.120. The zero-order valence-corrected chi connectivity index (χ0v) is 12.0. The molecule has 2 rings (SSSR count). The molecule has 17 heavy (non-hydrogen) atoms. The van der Waals surface area contributed by atoms with Crippen LogP contribution in [0.25, 0.3) is 0 Å². The fourth-order valence-corrected chi connectivity index (χ4v) is 3.18. The SMILES string of the molecule is CC1CNC(C)(C)CN1C1CCOC(C)(C)C1. The Morgan fingerprint density at radius 3 is 2.59 bits per heavy atom. The highest BCUT2D eigenvalue weighted by molar-refractivity contribution is 4.95. The summed E-state index contributed by atoms with van der Waals surface area (Å²) in [6.07, 6.45) is 2.34. The van der Waals surface area contributed by atoms with Crippen LogP contribution in [0.15, 0.2) is 0 Å². The Kier molecular flexibility index (Phi) is 3.54. The molecular weight excluding hydrogens is 212 g/mol. The third-order valence-electron chi connectivity index (χ3n) is 4.16. The average molecular weight is 240 g/mol. The lowest BCUT2D eigenvalue weighted by Gasteiger charge is -2.50. The predicted octanol–water partition coefficient (Wildman–Crippen LogP) is 2.02. The van der Waals surface area contributed by atoms with E-state index in [1.165, 1.54) is 6.42 Å². The Balaban J connectivity index is 2.04. The summed E-state index contributed by atoms with van der Waals surface area (Å²) in [6, 6.07) is 1.33. The van der Waals surface area contributed by atoms with Crippen molar-refractivity contribution in [2.45, 2.75) is 70.7 Å². The van der Waals surface area contributed by atoms with E-state index < -0.39 is 0 Å². The van der Waals surface area contributed by atoms with Gasteiger partial charge in [0.25, 0.3) is 0 Å². The number of piperazine rings is 1. The summed E-state index contributed by atoms with van der Waals surface area (Å²) in [5.74, 6) is 0. The molecule has 0 aromatic heterocycles. The zero-order valence-electron chi connectivity index (χ0n) is 12.0. The smallest absolute Gasteiger partial charge is 0.0641 e. The van der Waals surface area contributed by atoms with Gasteiger partial charge in [-0.2, -0.15) is 0 Å². The number of hydrogen-bond acceptors (Lipinski definition) is 3. The van der Waals surface area contributed by atoms with Crippen molar-refractivity contribution in [1.82, 2.24) is 10.2 Å². The number of nitrogens with one attached hydrogen (secondary N) is 1. The molecular formula is C14H28N2O. The molecule has 2 fully saturated rings. The van der Waals surface area contributed by atoms with Crippen molar-refractivity contribution in [3.63, 3.8) is 0 Å². The van der Waals surface area contributed by atoms with E-state index in [4.69, 9.17) is 4.74 Å². The van der Waals surface area contributed by atoms with Gasteiger partial charge >= 0.3 is 0 Å². The van der Waals surface area contributed by atoms with Crippen molar-refractivity contribution in [2.24, 2.45) is 0 Å². The molecule has 2 aliphatic heterocycles. The van der Waals surface area contributed by atoms with Crippen LogP contribution in [-0.2, 0) is 4.74 Å². The van der Waals surface area contributed by atoms with E-state index >= 15 is 0 Å². The molecule has 0 aliphatic carbocycles. The van der Waals surface area contributed by atoms with E-state index in [9.17, 15) is 0 Å². The summed E-state index contributed by atoms with van der Waals surface area (Å²) in [5, 5.41) is 3.62. The fourth-order valence-electron chi connectivity index (χ4n) is 3.18. The van der Waals surface area contributed by atoms with Crippen LogP contribution in [0.3, 0.4) is 0 Å². The van der Waals surface area contributed by atoms with Gasteiger partial charge in [-0.15, -0.1) is 0 Å². The maximum Gasteiger partial charge on any atom is 0.0641 e. The third kappa shape index (κ3) is 3.21. The van der Waals surface area contributed by atoms with Gasteiger partial charge < -0.3 is 10.1 Å². The van der Waals surface area contributed by atoms with Gasteiger partial charge in [0.15, 0.2) is 0 Å². The van der Waals surface area contributed by atoms with Crippen molar-refractivity contribution in [3.8, 4) is 0 Å². The molecule has 2 heterocycles. The Bertz CT molecular complexity index is 275. The summed E-state index contributed by atoms with van der Waals surface area (Å²) < 4.78 is 5.83. The van der Waals surface area contributed by atoms with Crippen molar-refractivity contribution in [3.05, 3.63) is 0 Å². The number of nitrogens with zero attached hydrogens (tertiary/aromatic N) is 1. The standard InChI is InChI=1S/C14H28N2O/c1-11-9-15-13(2,3)10-16(11)12-6-7-17-14(4,5)8-12/h11-12,15H,6-10H2,1-5H3. The minimum absolute atomic E-state index is 0.0532. The van der Waals surface area contributed by atoms with Crippen LogP contribution >= 0.6 is 0 Å². The third-order valence-corrected chi connectivity index (χ3v) is 4.16. The van der Waals surface area contributed by atoms with Gasteiger partial charge in [-0.05, 0) is 47.5 Å². The molecule has 3 heteroatoms. The lowest BCUT2D eigenvalue weighted by atomic mass is 9.89. The highest BCUT2D eigenvalue weighted by Crippen LogP contribution is 2.30. The average Bonchev–Trinajstić information content (AvgIpc) is 2.20. The largest absolute Gasteiger partial charge is 0.375 e. The van der Waals surface area contributed by atoms with E-state index in [2.05, 4.69) is 44.8 Å². The first-order chi connectivity index (χ1) is 7.79. The number of hydrogen-bond donors (Lipinski definition) is 1. The minimum Gasteiger partial charge on any atom is -0.375 e. The lowest BCUT2D eigenvalue weighted by Crippen LogP contribution is -2.64.